The van der Waals surface area contributed by atoms with Crippen LogP contribution in [0.15, 0.2) is 24.3 Å². The number of aryl methyl sites for hydroxylation is 1. The Bertz CT molecular complexity index is 453. The molecule has 3 N–H and O–H groups in total. The van der Waals surface area contributed by atoms with Gasteiger partial charge in [0.05, 0.1) is 0 Å². The summed E-state index contributed by atoms with van der Waals surface area (Å²) in [5.41, 5.74) is 8.11. The molecule has 0 saturated carbocycles. The zero-order valence-corrected chi connectivity index (χ0v) is 11.9. The lowest BCUT2D eigenvalue weighted by molar-refractivity contribution is -0.121. The van der Waals surface area contributed by atoms with E-state index in [-0.39, 0.29) is 17.4 Å². The van der Waals surface area contributed by atoms with Crippen molar-refractivity contribution in [1.82, 2.24) is 5.32 Å². The average Bonchev–Trinajstić information content (AvgIpc) is 2.47. The first kappa shape index (κ1) is 13.9. The second kappa shape index (κ2) is 5.21. The van der Waals surface area contributed by atoms with Crippen LogP contribution in [0.5, 0.6) is 0 Å². The number of benzene rings is 1. The Morgan fingerprint density at radius 3 is 2.58 bits per heavy atom. The lowest BCUT2D eigenvalue weighted by atomic mass is 9.93. The van der Waals surface area contributed by atoms with Crippen molar-refractivity contribution >= 4 is 11.6 Å². The van der Waals surface area contributed by atoms with Crippen molar-refractivity contribution in [2.75, 3.05) is 24.5 Å². The van der Waals surface area contributed by atoms with E-state index in [2.05, 4.69) is 55.3 Å². The number of amides is 1. The normalized spacial score (nSPS) is 22.8. The summed E-state index contributed by atoms with van der Waals surface area (Å²) in [5, 5.41) is 2.99. The van der Waals surface area contributed by atoms with Crippen molar-refractivity contribution in [1.29, 1.82) is 0 Å². The third-order valence-corrected chi connectivity index (χ3v) is 3.61. The van der Waals surface area contributed by atoms with Gasteiger partial charge < -0.3 is 16.0 Å². The molecule has 4 nitrogen and oxygen atoms in total. The van der Waals surface area contributed by atoms with Crippen molar-refractivity contribution in [3.05, 3.63) is 29.8 Å². The summed E-state index contributed by atoms with van der Waals surface area (Å²) in [4.78, 5) is 14.3. The predicted octanol–water partition coefficient (Wildman–Crippen LogP) is 1.28. The van der Waals surface area contributed by atoms with Gasteiger partial charge in [0, 0.05) is 25.3 Å². The minimum absolute atomic E-state index is 0.0219. The highest BCUT2D eigenvalue weighted by atomic mass is 16.2. The minimum atomic E-state index is -0.288. The van der Waals surface area contributed by atoms with Gasteiger partial charge in [0.2, 0.25) is 5.91 Å². The van der Waals surface area contributed by atoms with Crippen LogP contribution >= 0.6 is 0 Å². The zero-order valence-electron chi connectivity index (χ0n) is 11.9. The first-order chi connectivity index (χ1) is 8.93. The van der Waals surface area contributed by atoms with E-state index < -0.39 is 0 Å². The van der Waals surface area contributed by atoms with E-state index in [1.165, 1.54) is 5.56 Å². The molecule has 1 aromatic rings. The monoisotopic (exact) mass is 261 g/mol. The minimum Gasteiger partial charge on any atom is -0.358 e. The van der Waals surface area contributed by atoms with E-state index in [9.17, 15) is 4.79 Å². The number of anilines is 1. The molecule has 1 heterocycles. The fourth-order valence-electron chi connectivity index (χ4n) is 2.45. The van der Waals surface area contributed by atoms with E-state index in [1.54, 1.807) is 0 Å². The molecule has 1 aromatic carbocycles. The first-order valence-corrected chi connectivity index (χ1v) is 6.74. The highest BCUT2D eigenvalue weighted by molar-refractivity contribution is 5.86. The highest BCUT2D eigenvalue weighted by Gasteiger charge is 2.34. The summed E-state index contributed by atoms with van der Waals surface area (Å²) >= 11 is 0. The second-order valence-corrected chi connectivity index (χ2v) is 6.10. The van der Waals surface area contributed by atoms with Crippen LogP contribution in [-0.2, 0) is 4.79 Å². The Hall–Kier alpha value is -1.55. The van der Waals surface area contributed by atoms with Crippen LogP contribution in [0.2, 0.25) is 0 Å². The second-order valence-electron chi connectivity index (χ2n) is 6.10. The van der Waals surface area contributed by atoms with E-state index in [0.29, 0.717) is 13.1 Å². The molecule has 104 valence electrons. The van der Waals surface area contributed by atoms with Gasteiger partial charge in [-0.3, -0.25) is 4.79 Å². The highest BCUT2D eigenvalue weighted by Crippen LogP contribution is 2.26. The molecule has 1 unspecified atom stereocenters. The maximum absolute atomic E-state index is 12.2. The van der Waals surface area contributed by atoms with Gasteiger partial charge in [-0.2, -0.15) is 0 Å². The van der Waals surface area contributed by atoms with Crippen molar-refractivity contribution < 1.29 is 4.79 Å². The smallest absolute Gasteiger partial charge is 0.244 e. The Morgan fingerprint density at radius 2 is 2.00 bits per heavy atom. The summed E-state index contributed by atoms with van der Waals surface area (Å²) in [5.74, 6) is 0.0219. The molecule has 0 aliphatic carbocycles. The molecular weight excluding hydrogens is 238 g/mol. The van der Waals surface area contributed by atoms with Crippen LogP contribution in [0.3, 0.4) is 0 Å². The molecule has 1 atom stereocenters. The van der Waals surface area contributed by atoms with Crippen LogP contribution < -0.4 is 16.0 Å². The van der Waals surface area contributed by atoms with E-state index in [4.69, 9.17) is 5.73 Å². The molecule has 1 amide bonds. The largest absolute Gasteiger partial charge is 0.358 e. The summed E-state index contributed by atoms with van der Waals surface area (Å²) in [6.07, 6.45) is 0. The fraction of sp³-hybridized carbons (Fsp3) is 0.533. The van der Waals surface area contributed by atoms with E-state index in [0.717, 1.165) is 12.2 Å². The Balaban J connectivity index is 2.36. The Morgan fingerprint density at radius 1 is 1.37 bits per heavy atom. The number of hydrogen-bond donors (Lipinski definition) is 2. The van der Waals surface area contributed by atoms with Gasteiger partial charge >= 0.3 is 0 Å². The van der Waals surface area contributed by atoms with Gasteiger partial charge in [0.15, 0.2) is 0 Å². The van der Waals surface area contributed by atoms with Gasteiger partial charge in [-0.1, -0.05) is 31.5 Å². The van der Waals surface area contributed by atoms with Crippen molar-refractivity contribution in [2.24, 2.45) is 11.1 Å². The van der Waals surface area contributed by atoms with Crippen LogP contribution in [-0.4, -0.2) is 31.6 Å². The predicted molar refractivity (Wildman–Crippen MR) is 78.2 cm³/mol. The number of carbonyl (C=O) groups is 1. The Kier molecular flexibility index (Phi) is 3.80. The molecule has 19 heavy (non-hydrogen) atoms. The van der Waals surface area contributed by atoms with E-state index in [1.807, 2.05) is 0 Å². The molecule has 1 saturated heterocycles. The van der Waals surface area contributed by atoms with Gasteiger partial charge in [0.1, 0.15) is 6.04 Å². The van der Waals surface area contributed by atoms with Crippen LogP contribution in [0.4, 0.5) is 5.69 Å². The fourth-order valence-corrected chi connectivity index (χ4v) is 2.45. The van der Waals surface area contributed by atoms with Crippen LogP contribution in [0, 0.1) is 12.3 Å². The van der Waals surface area contributed by atoms with Gasteiger partial charge in [-0.05, 0) is 24.5 Å². The van der Waals surface area contributed by atoms with Crippen LogP contribution in [0.1, 0.15) is 19.4 Å². The third-order valence-electron chi connectivity index (χ3n) is 3.61. The third kappa shape index (κ3) is 3.07. The number of nitrogens with zero attached hydrogens (tertiary/aromatic N) is 1. The Labute approximate surface area is 115 Å². The first-order valence-electron chi connectivity index (χ1n) is 6.74. The van der Waals surface area contributed by atoms with E-state index >= 15 is 0 Å². The zero-order chi connectivity index (χ0) is 14.0. The standard InChI is InChI=1S/C15H23N3O/c1-11-4-6-12(7-5-11)18-10-15(2,3)9-17-14(19)13(18)8-16/h4-7,13H,8-10,16H2,1-3H3,(H,17,19). The SMILES string of the molecule is Cc1ccc(N2CC(C)(C)CNC(=O)C2CN)cc1. The average molecular weight is 261 g/mol. The van der Waals surface area contributed by atoms with Crippen LogP contribution in [0.25, 0.3) is 0 Å². The molecule has 1 fully saturated rings. The maximum Gasteiger partial charge on any atom is 0.244 e. The molecule has 0 spiro atoms. The quantitative estimate of drug-likeness (QED) is 0.843. The molecule has 0 aromatic heterocycles. The van der Waals surface area contributed by atoms with Crippen molar-refractivity contribution in [3.63, 3.8) is 0 Å². The molecule has 1 aliphatic heterocycles. The molecule has 0 radical (unpaired) electrons. The molecule has 0 bridgehead atoms. The number of rotatable bonds is 2. The summed E-state index contributed by atoms with van der Waals surface area (Å²) < 4.78 is 0. The van der Waals surface area contributed by atoms with Gasteiger partial charge in [0.25, 0.3) is 0 Å². The lowest BCUT2D eigenvalue weighted by Gasteiger charge is -2.34. The summed E-state index contributed by atoms with van der Waals surface area (Å²) in [6.45, 7) is 8.21. The molecular formula is C15H23N3O. The van der Waals surface area contributed by atoms with Crippen molar-refractivity contribution in [2.45, 2.75) is 26.8 Å². The number of nitrogens with one attached hydrogen (secondary N) is 1. The van der Waals surface area contributed by atoms with Gasteiger partial charge in [-0.25, -0.2) is 0 Å². The summed E-state index contributed by atoms with van der Waals surface area (Å²) in [7, 11) is 0. The van der Waals surface area contributed by atoms with Gasteiger partial charge in [-0.15, -0.1) is 0 Å². The number of hydrogen-bond acceptors (Lipinski definition) is 3. The molecule has 4 heteroatoms. The number of carbonyl (C=O) groups excluding carboxylic acids is 1. The number of nitrogens with two attached hydrogens (primary N) is 1. The van der Waals surface area contributed by atoms with Crippen molar-refractivity contribution in [3.8, 4) is 0 Å². The maximum atomic E-state index is 12.2. The topological polar surface area (TPSA) is 58.4 Å². The molecule has 1 aliphatic rings. The summed E-state index contributed by atoms with van der Waals surface area (Å²) in [6, 6.07) is 7.97. The lowest BCUT2D eigenvalue weighted by Crippen LogP contribution is -2.49. The molecule has 2 rings (SSSR count).